The zero-order valence-electron chi connectivity index (χ0n) is 10.7. The van der Waals surface area contributed by atoms with Crippen molar-refractivity contribution in [2.24, 2.45) is 0 Å². The monoisotopic (exact) mass is 299 g/mol. The van der Waals surface area contributed by atoms with E-state index in [2.05, 4.69) is 0 Å². The minimum Gasteiger partial charge on any atom is -0.353 e. The highest BCUT2D eigenvalue weighted by atomic mass is 35.5. The number of nitro groups is 1. The van der Waals surface area contributed by atoms with Crippen molar-refractivity contribution in [1.82, 2.24) is 0 Å². The second-order valence-electron chi connectivity index (χ2n) is 4.41. The fraction of sp³-hybridized carbons (Fsp3) is 0.462. The Bertz CT molecular complexity index is 513. The summed E-state index contributed by atoms with van der Waals surface area (Å²) >= 11 is 5.90. The Balaban J connectivity index is 1.96. The van der Waals surface area contributed by atoms with E-state index < -0.39 is 4.92 Å². The topological polar surface area (TPSA) is 78.7 Å². The molecular weight excluding hydrogens is 286 g/mol. The summed E-state index contributed by atoms with van der Waals surface area (Å²) in [4.78, 5) is 22.1. The van der Waals surface area contributed by atoms with E-state index in [0.29, 0.717) is 19.6 Å². The van der Waals surface area contributed by atoms with Gasteiger partial charge in [-0.2, -0.15) is 0 Å². The van der Waals surface area contributed by atoms with E-state index in [-0.39, 0.29) is 34.8 Å². The molecule has 1 aromatic carbocycles. The van der Waals surface area contributed by atoms with Gasteiger partial charge in [0.1, 0.15) is 0 Å². The lowest BCUT2D eigenvalue weighted by molar-refractivity contribution is -0.384. The van der Waals surface area contributed by atoms with E-state index in [1.54, 1.807) is 0 Å². The summed E-state index contributed by atoms with van der Waals surface area (Å²) in [5.74, 6) is -0.178. The first-order chi connectivity index (χ1) is 9.58. The van der Waals surface area contributed by atoms with Crippen molar-refractivity contribution in [3.8, 4) is 0 Å². The molecule has 108 valence electrons. The van der Waals surface area contributed by atoms with E-state index in [0.717, 1.165) is 6.42 Å². The quantitative estimate of drug-likeness (QED) is 0.474. The van der Waals surface area contributed by atoms with Gasteiger partial charge in [0.05, 0.1) is 23.2 Å². The lowest BCUT2D eigenvalue weighted by Crippen LogP contribution is -2.25. The molecule has 0 spiro atoms. The Labute approximate surface area is 120 Å². The van der Waals surface area contributed by atoms with E-state index in [9.17, 15) is 14.9 Å². The molecule has 0 saturated carbocycles. The summed E-state index contributed by atoms with van der Waals surface area (Å²) in [6.45, 7) is 1.27. The first-order valence-corrected chi connectivity index (χ1v) is 6.66. The van der Waals surface area contributed by atoms with Crippen LogP contribution in [0.25, 0.3) is 0 Å². The highest BCUT2D eigenvalue weighted by molar-refractivity contribution is 6.34. The summed E-state index contributed by atoms with van der Waals surface area (Å²) in [6.07, 6.45) is 1.18. The van der Waals surface area contributed by atoms with Gasteiger partial charge in [-0.05, 0) is 12.5 Å². The molecule has 7 heteroatoms. The van der Waals surface area contributed by atoms with Crippen LogP contribution in [0, 0.1) is 10.1 Å². The van der Waals surface area contributed by atoms with Crippen molar-refractivity contribution < 1.29 is 19.2 Å². The van der Waals surface area contributed by atoms with Crippen LogP contribution >= 0.6 is 11.6 Å². The molecule has 6 nitrogen and oxygen atoms in total. The number of ketones is 1. The van der Waals surface area contributed by atoms with Crippen LogP contribution in [0.3, 0.4) is 0 Å². The third-order valence-electron chi connectivity index (χ3n) is 2.97. The molecule has 20 heavy (non-hydrogen) atoms. The maximum atomic E-state index is 12.0. The highest BCUT2D eigenvalue weighted by Crippen LogP contribution is 2.24. The average Bonchev–Trinajstić information content (AvgIpc) is 2.45. The van der Waals surface area contributed by atoms with Crippen LogP contribution in [0.5, 0.6) is 0 Å². The number of non-ortho nitro benzene ring substituents is 1. The molecule has 2 rings (SSSR count). The van der Waals surface area contributed by atoms with Crippen LogP contribution in [-0.2, 0) is 9.47 Å². The molecule has 1 fully saturated rings. The van der Waals surface area contributed by atoms with Crippen LogP contribution < -0.4 is 0 Å². The first kappa shape index (κ1) is 14.9. The third-order valence-corrected chi connectivity index (χ3v) is 3.28. The number of carbonyl (C=O) groups excluding carboxylic acids is 1. The fourth-order valence-corrected chi connectivity index (χ4v) is 2.21. The SMILES string of the molecule is O=C(CCC1OCCCO1)c1ccc([N+](=O)[O-])cc1Cl. The molecule has 0 atom stereocenters. The van der Waals surface area contributed by atoms with E-state index in [1.165, 1.54) is 18.2 Å². The predicted octanol–water partition coefficient (Wildman–Crippen LogP) is 2.97. The molecule has 0 aliphatic carbocycles. The van der Waals surface area contributed by atoms with Gasteiger partial charge in [-0.25, -0.2) is 0 Å². The molecule has 0 bridgehead atoms. The molecule has 1 aliphatic rings. The smallest absolute Gasteiger partial charge is 0.270 e. The fourth-order valence-electron chi connectivity index (χ4n) is 1.93. The number of nitro benzene ring substituents is 1. The van der Waals surface area contributed by atoms with Crippen molar-refractivity contribution >= 4 is 23.1 Å². The Morgan fingerprint density at radius 2 is 2.10 bits per heavy atom. The molecule has 1 aliphatic heterocycles. The van der Waals surface area contributed by atoms with Gasteiger partial charge in [0.15, 0.2) is 12.1 Å². The van der Waals surface area contributed by atoms with Crippen molar-refractivity contribution in [1.29, 1.82) is 0 Å². The number of halogens is 1. The van der Waals surface area contributed by atoms with Gasteiger partial charge in [0.2, 0.25) is 0 Å². The third kappa shape index (κ3) is 3.75. The van der Waals surface area contributed by atoms with Gasteiger partial charge in [-0.1, -0.05) is 11.6 Å². The molecular formula is C13H14ClNO5. The van der Waals surface area contributed by atoms with Gasteiger partial charge in [0, 0.05) is 30.5 Å². The van der Waals surface area contributed by atoms with E-state index >= 15 is 0 Å². The normalized spacial score (nSPS) is 16.1. The molecule has 1 heterocycles. The summed E-state index contributed by atoms with van der Waals surface area (Å²) in [6, 6.07) is 3.83. The minimum absolute atomic E-state index is 0.0923. The molecule has 0 unspecified atom stereocenters. The summed E-state index contributed by atoms with van der Waals surface area (Å²) in [5.41, 5.74) is 0.151. The maximum absolute atomic E-state index is 12.0. The summed E-state index contributed by atoms with van der Waals surface area (Å²) in [5, 5.41) is 10.7. The van der Waals surface area contributed by atoms with Gasteiger partial charge < -0.3 is 9.47 Å². The van der Waals surface area contributed by atoms with Gasteiger partial charge in [0.25, 0.3) is 5.69 Å². The zero-order valence-corrected chi connectivity index (χ0v) is 11.5. The first-order valence-electron chi connectivity index (χ1n) is 6.28. The maximum Gasteiger partial charge on any atom is 0.270 e. The second kappa shape index (κ2) is 6.78. The van der Waals surface area contributed by atoms with Crippen molar-refractivity contribution in [2.75, 3.05) is 13.2 Å². The predicted molar refractivity (Wildman–Crippen MR) is 72.0 cm³/mol. The molecule has 0 N–H and O–H groups in total. The molecule has 1 aromatic rings. The second-order valence-corrected chi connectivity index (χ2v) is 4.82. The highest BCUT2D eigenvalue weighted by Gasteiger charge is 2.19. The van der Waals surface area contributed by atoms with Crippen molar-refractivity contribution in [3.63, 3.8) is 0 Å². The lowest BCUT2D eigenvalue weighted by Gasteiger charge is -2.22. The summed E-state index contributed by atoms with van der Waals surface area (Å²) in [7, 11) is 0. The molecule has 0 amide bonds. The Morgan fingerprint density at radius 1 is 1.40 bits per heavy atom. The molecule has 0 aromatic heterocycles. The molecule has 0 radical (unpaired) electrons. The van der Waals surface area contributed by atoms with Gasteiger partial charge >= 0.3 is 0 Å². The van der Waals surface area contributed by atoms with Crippen molar-refractivity contribution in [3.05, 3.63) is 38.9 Å². The number of hydrogen-bond acceptors (Lipinski definition) is 5. The number of ether oxygens (including phenoxy) is 2. The van der Waals surface area contributed by atoms with Crippen LogP contribution in [0.1, 0.15) is 29.6 Å². The number of benzene rings is 1. The van der Waals surface area contributed by atoms with Gasteiger partial charge in [-0.15, -0.1) is 0 Å². The standard InChI is InChI=1S/C13H14ClNO5/c14-11-8-9(15(17)18)2-3-10(11)12(16)4-5-13-19-6-1-7-20-13/h2-3,8,13H,1,4-7H2. The average molecular weight is 300 g/mol. The van der Waals surface area contributed by atoms with Crippen LogP contribution in [-0.4, -0.2) is 30.2 Å². The van der Waals surface area contributed by atoms with Gasteiger partial charge in [-0.3, -0.25) is 14.9 Å². The Hall–Kier alpha value is -1.50. The van der Waals surface area contributed by atoms with E-state index in [4.69, 9.17) is 21.1 Å². The van der Waals surface area contributed by atoms with E-state index in [1.807, 2.05) is 0 Å². The Kier molecular flexibility index (Phi) is 5.05. The number of rotatable bonds is 5. The Morgan fingerprint density at radius 3 is 2.70 bits per heavy atom. The zero-order chi connectivity index (χ0) is 14.5. The summed E-state index contributed by atoms with van der Waals surface area (Å²) < 4.78 is 10.7. The number of carbonyl (C=O) groups is 1. The lowest BCUT2D eigenvalue weighted by atomic mass is 10.1. The number of Topliss-reactive ketones (excluding diaryl/α,β-unsaturated/α-hetero) is 1. The van der Waals surface area contributed by atoms with Crippen LogP contribution in [0.15, 0.2) is 18.2 Å². The number of nitrogens with zero attached hydrogens (tertiary/aromatic N) is 1. The van der Waals surface area contributed by atoms with Crippen LogP contribution in [0.2, 0.25) is 5.02 Å². The minimum atomic E-state index is -0.552. The van der Waals surface area contributed by atoms with Crippen molar-refractivity contribution in [2.45, 2.75) is 25.6 Å². The number of hydrogen-bond donors (Lipinski definition) is 0. The largest absolute Gasteiger partial charge is 0.353 e. The molecule has 1 saturated heterocycles. The van der Waals surface area contributed by atoms with Crippen LogP contribution in [0.4, 0.5) is 5.69 Å².